The van der Waals surface area contributed by atoms with Gasteiger partial charge in [-0.1, -0.05) is 0 Å². The number of rotatable bonds is 6. The van der Waals surface area contributed by atoms with E-state index < -0.39 is 0 Å². The van der Waals surface area contributed by atoms with Gasteiger partial charge in [-0.2, -0.15) is 0 Å². The molecule has 0 N–H and O–H groups in total. The van der Waals surface area contributed by atoms with Gasteiger partial charge in [0, 0.05) is 49.3 Å². The summed E-state index contributed by atoms with van der Waals surface area (Å²) in [6, 6.07) is 1.24. The molecular formula is C24H52N4O2. The van der Waals surface area contributed by atoms with Gasteiger partial charge in [0.05, 0.1) is 25.4 Å². The maximum Gasteiger partial charge on any atom is 0.0880 e. The van der Waals surface area contributed by atoms with Crippen LogP contribution in [0.2, 0.25) is 0 Å². The van der Waals surface area contributed by atoms with E-state index in [0.717, 1.165) is 39.4 Å². The second kappa shape index (κ2) is 11.6. The molecule has 6 heteroatoms. The van der Waals surface area contributed by atoms with Gasteiger partial charge in [-0.25, -0.2) is 0 Å². The van der Waals surface area contributed by atoms with Crippen LogP contribution in [0.25, 0.3) is 0 Å². The molecule has 180 valence electrons. The minimum Gasteiger partial charge on any atom is -0.374 e. The first-order valence-corrected chi connectivity index (χ1v) is 11.8. The van der Waals surface area contributed by atoms with Crippen molar-refractivity contribution in [2.75, 3.05) is 67.6 Å². The predicted octanol–water partition coefficient (Wildman–Crippen LogP) is 2.87. The summed E-state index contributed by atoms with van der Waals surface area (Å²) in [6.07, 6.45) is 0.618. The van der Waals surface area contributed by atoms with Gasteiger partial charge in [0.2, 0.25) is 0 Å². The van der Waals surface area contributed by atoms with Crippen LogP contribution in [-0.4, -0.2) is 123 Å². The fourth-order valence-corrected chi connectivity index (χ4v) is 3.71. The number of morpholine rings is 2. The molecule has 2 saturated heterocycles. The van der Waals surface area contributed by atoms with Crippen molar-refractivity contribution in [1.29, 1.82) is 0 Å². The van der Waals surface area contributed by atoms with Crippen molar-refractivity contribution in [3.63, 3.8) is 0 Å². The van der Waals surface area contributed by atoms with Crippen LogP contribution in [0.3, 0.4) is 0 Å². The van der Waals surface area contributed by atoms with Crippen molar-refractivity contribution < 1.29 is 9.47 Å². The molecule has 0 aromatic rings. The molecule has 0 radical (unpaired) electrons. The highest BCUT2D eigenvalue weighted by Gasteiger charge is 2.37. The number of nitrogens with zero attached hydrogens (tertiary/aromatic N) is 4. The number of likely N-dealkylation sites (N-methyl/N-ethyl adjacent to an activating group) is 2. The molecule has 2 heterocycles. The van der Waals surface area contributed by atoms with E-state index in [9.17, 15) is 0 Å². The van der Waals surface area contributed by atoms with Crippen LogP contribution >= 0.6 is 0 Å². The summed E-state index contributed by atoms with van der Waals surface area (Å²) in [5.74, 6) is 0. The molecule has 30 heavy (non-hydrogen) atoms. The summed E-state index contributed by atoms with van der Waals surface area (Å²) in [5.41, 5.74) is 0.209. The lowest BCUT2D eigenvalue weighted by Gasteiger charge is -2.45. The Morgan fingerprint density at radius 3 is 1.20 bits per heavy atom. The van der Waals surface area contributed by atoms with Crippen molar-refractivity contribution in [3.05, 3.63) is 0 Å². The van der Waals surface area contributed by atoms with E-state index in [2.05, 4.69) is 103 Å². The zero-order chi connectivity index (χ0) is 23.3. The molecule has 0 aromatic heterocycles. The lowest BCUT2D eigenvalue weighted by molar-refractivity contribution is -0.0991. The number of ether oxygens (including phenoxy) is 2. The van der Waals surface area contributed by atoms with Crippen molar-refractivity contribution in [3.8, 4) is 0 Å². The molecule has 0 aromatic carbocycles. The van der Waals surface area contributed by atoms with Gasteiger partial charge in [0.15, 0.2) is 0 Å². The molecule has 6 nitrogen and oxygen atoms in total. The smallest absolute Gasteiger partial charge is 0.0880 e. The highest BCUT2D eigenvalue weighted by molar-refractivity contribution is 4.92. The van der Waals surface area contributed by atoms with Crippen LogP contribution in [0.1, 0.15) is 55.4 Å². The Hall–Kier alpha value is -0.240. The first-order chi connectivity index (χ1) is 13.7. The van der Waals surface area contributed by atoms with Crippen LogP contribution < -0.4 is 0 Å². The van der Waals surface area contributed by atoms with Crippen LogP contribution in [0.5, 0.6) is 0 Å². The SMILES string of the molecule is CC(C)N1CCOC(C(C)(C)N(C)C)C1.CC(C)N1CCO[C@H](C(C)(C)N(C)C)C1. The summed E-state index contributed by atoms with van der Waals surface area (Å²) in [6.45, 7) is 24.0. The Morgan fingerprint density at radius 1 is 0.667 bits per heavy atom. The molecule has 2 atom stereocenters. The minimum atomic E-state index is 0.105. The highest BCUT2D eigenvalue weighted by Crippen LogP contribution is 2.24. The molecule has 1 unspecified atom stereocenters. The zero-order valence-corrected chi connectivity index (χ0v) is 22.2. The Morgan fingerprint density at radius 2 is 0.967 bits per heavy atom. The van der Waals surface area contributed by atoms with E-state index in [1.54, 1.807) is 0 Å². The quantitative estimate of drug-likeness (QED) is 0.647. The molecule has 2 aliphatic heterocycles. The van der Waals surface area contributed by atoms with Gasteiger partial charge in [0.25, 0.3) is 0 Å². The summed E-state index contributed by atoms with van der Waals surface area (Å²) in [5, 5.41) is 0. The van der Waals surface area contributed by atoms with Crippen molar-refractivity contribution in [2.24, 2.45) is 0 Å². The molecule has 0 spiro atoms. The maximum atomic E-state index is 5.90. The Kier molecular flexibility index (Phi) is 10.7. The Balaban J connectivity index is 0.000000300. The van der Waals surface area contributed by atoms with E-state index in [0.29, 0.717) is 24.3 Å². The van der Waals surface area contributed by atoms with Gasteiger partial charge >= 0.3 is 0 Å². The third kappa shape index (κ3) is 7.42. The van der Waals surface area contributed by atoms with Crippen LogP contribution in [0.15, 0.2) is 0 Å². The van der Waals surface area contributed by atoms with Crippen LogP contribution in [-0.2, 0) is 9.47 Å². The first kappa shape index (κ1) is 27.8. The topological polar surface area (TPSA) is 31.4 Å². The van der Waals surface area contributed by atoms with Crippen molar-refractivity contribution >= 4 is 0 Å². The molecule has 2 rings (SSSR count). The third-order valence-corrected chi connectivity index (χ3v) is 7.54. The molecule has 0 aliphatic carbocycles. The molecule has 0 amide bonds. The molecular weight excluding hydrogens is 376 g/mol. The fraction of sp³-hybridized carbons (Fsp3) is 1.00. The second-order valence-electron chi connectivity index (χ2n) is 11.0. The monoisotopic (exact) mass is 428 g/mol. The van der Waals surface area contributed by atoms with Gasteiger partial charge in [-0.3, -0.25) is 9.80 Å². The number of hydrogen-bond donors (Lipinski definition) is 0. The van der Waals surface area contributed by atoms with Gasteiger partial charge < -0.3 is 19.3 Å². The Bertz CT molecular complexity index is 448. The van der Waals surface area contributed by atoms with Crippen molar-refractivity contribution in [2.45, 2.75) is 90.8 Å². The van der Waals surface area contributed by atoms with Crippen LogP contribution in [0.4, 0.5) is 0 Å². The first-order valence-electron chi connectivity index (χ1n) is 11.8. The summed E-state index contributed by atoms with van der Waals surface area (Å²) in [7, 11) is 8.49. The minimum absolute atomic E-state index is 0.105. The molecule has 2 aliphatic rings. The van der Waals surface area contributed by atoms with Crippen molar-refractivity contribution in [1.82, 2.24) is 19.6 Å². The molecule has 0 bridgehead atoms. The average molecular weight is 429 g/mol. The lowest BCUT2D eigenvalue weighted by Crippen LogP contribution is -2.58. The predicted molar refractivity (Wildman–Crippen MR) is 128 cm³/mol. The number of hydrogen-bond acceptors (Lipinski definition) is 6. The van der Waals surface area contributed by atoms with E-state index in [-0.39, 0.29) is 11.1 Å². The lowest BCUT2D eigenvalue weighted by atomic mass is 9.94. The summed E-state index contributed by atoms with van der Waals surface area (Å²) in [4.78, 5) is 9.50. The molecule has 2 fully saturated rings. The van der Waals surface area contributed by atoms with E-state index in [1.165, 1.54) is 0 Å². The summed E-state index contributed by atoms with van der Waals surface area (Å²) >= 11 is 0. The fourth-order valence-electron chi connectivity index (χ4n) is 3.71. The zero-order valence-electron chi connectivity index (χ0n) is 22.2. The largest absolute Gasteiger partial charge is 0.374 e. The van der Waals surface area contributed by atoms with Gasteiger partial charge in [-0.15, -0.1) is 0 Å². The third-order valence-electron chi connectivity index (χ3n) is 7.54. The maximum absolute atomic E-state index is 5.90. The van der Waals surface area contributed by atoms with E-state index >= 15 is 0 Å². The summed E-state index contributed by atoms with van der Waals surface area (Å²) < 4.78 is 11.8. The van der Waals surface area contributed by atoms with Gasteiger partial charge in [0.1, 0.15) is 0 Å². The average Bonchev–Trinajstić information content (AvgIpc) is 2.68. The van der Waals surface area contributed by atoms with Crippen LogP contribution in [0, 0.1) is 0 Å². The molecule has 0 saturated carbocycles. The Labute approximate surface area is 187 Å². The van der Waals surface area contributed by atoms with E-state index in [4.69, 9.17) is 9.47 Å². The van der Waals surface area contributed by atoms with Gasteiger partial charge in [-0.05, 0) is 83.6 Å². The second-order valence-corrected chi connectivity index (χ2v) is 11.0. The van der Waals surface area contributed by atoms with E-state index in [1.807, 2.05) is 0 Å². The standard InChI is InChI=1S/2C12H26N2O/c2*1-10(2)14-7-8-15-11(9-14)12(3,4)13(5)6/h2*10-11H,7-9H2,1-6H3/t11-;/m0./s1. The highest BCUT2D eigenvalue weighted by atomic mass is 16.5. The normalized spacial score (nSPS) is 25.2.